The summed E-state index contributed by atoms with van der Waals surface area (Å²) in [4.78, 5) is 111. The molecule has 2 atom stereocenters. The third kappa shape index (κ3) is 14.3. The Bertz CT molecular complexity index is 2780. The maximum absolute atomic E-state index is 13.3. The van der Waals surface area contributed by atoms with Crippen molar-refractivity contribution in [2.24, 2.45) is 19.1 Å². The van der Waals surface area contributed by atoms with Gasteiger partial charge in [0.1, 0.15) is 11.8 Å². The largest absolute Gasteiger partial charge is 0.493 e. The van der Waals surface area contributed by atoms with Gasteiger partial charge in [-0.25, -0.2) is 9.78 Å². The van der Waals surface area contributed by atoms with Gasteiger partial charge >= 0.3 is 5.97 Å². The molecule has 0 radical (unpaired) electrons. The van der Waals surface area contributed by atoms with E-state index in [1.54, 1.807) is 86.7 Å². The number of hydrogen-bond donors (Lipinski definition) is 4. The molecule has 74 heavy (non-hydrogen) atoms. The van der Waals surface area contributed by atoms with Crippen molar-refractivity contribution in [1.29, 1.82) is 0 Å². The summed E-state index contributed by atoms with van der Waals surface area (Å²) in [5, 5.41) is 10.9. The van der Waals surface area contributed by atoms with Crippen LogP contribution in [-0.2, 0) is 52.3 Å². The highest BCUT2D eigenvalue weighted by molar-refractivity contribution is 6.13. The van der Waals surface area contributed by atoms with Crippen LogP contribution in [0.15, 0.2) is 72.0 Å². The van der Waals surface area contributed by atoms with E-state index in [0.29, 0.717) is 47.1 Å². The zero-order valence-electron chi connectivity index (χ0n) is 41.7. The summed E-state index contributed by atoms with van der Waals surface area (Å²) < 4.78 is 31.1. The lowest BCUT2D eigenvalue weighted by Gasteiger charge is -2.20. The lowest BCUT2D eigenvalue weighted by molar-refractivity contribution is -0.137. The number of methoxy groups -OCH3 is 1. The van der Waals surface area contributed by atoms with Crippen LogP contribution >= 0.6 is 0 Å². The second-order valence-electron chi connectivity index (χ2n) is 17.6. The molecule has 0 bridgehead atoms. The number of aryl methyl sites for hydroxylation is 2. The van der Waals surface area contributed by atoms with Gasteiger partial charge in [0.05, 0.1) is 64.0 Å². The molecule has 4 aromatic rings. The highest BCUT2D eigenvalue weighted by Crippen LogP contribution is 2.38. The number of anilines is 2. The van der Waals surface area contributed by atoms with Gasteiger partial charge in [0, 0.05) is 101 Å². The van der Waals surface area contributed by atoms with E-state index in [1.165, 1.54) is 23.8 Å². The number of rotatable bonds is 26. The van der Waals surface area contributed by atoms with Crippen LogP contribution in [0.3, 0.4) is 0 Å². The van der Waals surface area contributed by atoms with Gasteiger partial charge in [0.25, 0.3) is 23.6 Å². The molecule has 1 saturated heterocycles. The summed E-state index contributed by atoms with van der Waals surface area (Å²) in [6.45, 7) is 3.74. The molecule has 7 rings (SSSR count). The number of nitrogens with zero attached hydrogens (tertiary/aromatic N) is 6. The number of benzene rings is 2. The Morgan fingerprint density at radius 3 is 2.28 bits per heavy atom. The van der Waals surface area contributed by atoms with Crippen molar-refractivity contribution >= 4 is 70.7 Å². The van der Waals surface area contributed by atoms with E-state index in [2.05, 4.69) is 31.2 Å². The lowest BCUT2D eigenvalue weighted by atomic mass is 10.1. The van der Waals surface area contributed by atoms with Gasteiger partial charge in [-0.3, -0.25) is 43.5 Å². The van der Waals surface area contributed by atoms with Crippen LogP contribution < -0.4 is 30.7 Å². The third-order valence-corrected chi connectivity index (χ3v) is 12.1. The molecule has 7 amide bonds. The average Bonchev–Trinajstić information content (AvgIpc) is 4.17. The fraction of sp³-hybridized carbons (Fsp3) is 0.412. The van der Waals surface area contributed by atoms with Crippen LogP contribution in [0.25, 0.3) is 11.1 Å². The van der Waals surface area contributed by atoms with E-state index in [1.807, 2.05) is 4.90 Å². The number of aromatic nitrogens is 3. The first-order valence-electron chi connectivity index (χ1n) is 24.2. The Labute approximate surface area is 426 Å². The Balaban J connectivity index is 0.762. The van der Waals surface area contributed by atoms with Crippen LogP contribution in [0, 0.1) is 0 Å². The van der Waals surface area contributed by atoms with E-state index in [4.69, 9.17) is 23.7 Å². The number of carbonyl (C=O) groups is 8. The molecular formula is C51H60N10O13. The minimum absolute atomic E-state index is 0.00683. The number of esters is 1. The smallest absolute Gasteiger partial charge is 0.355 e. The zero-order chi connectivity index (χ0) is 52.7. The number of hydrogen-bond acceptors (Lipinski definition) is 15. The first-order chi connectivity index (χ1) is 35.7. The lowest BCUT2D eigenvalue weighted by Crippen LogP contribution is -2.35. The molecule has 0 unspecified atom stereocenters. The van der Waals surface area contributed by atoms with Crippen molar-refractivity contribution in [3.8, 4) is 22.6 Å². The van der Waals surface area contributed by atoms with Crippen LogP contribution in [0.5, 0.6) is 11.5 Å². The Morgan fingerprint density at radius 1 is 0.784 bits per heavy atom. The number of carbonyl (C=O) groups excluding carboxylic acids is 8. The third-order valence-electron chi connectivity index (χ3n) is 12.1. The zero-order valence-corrected chi connectivity index (χ0v) is 41.7. The minimum Gasteiger partial charge on any atom is -0.493 e. The minimum atomic E-state index is -0.631. The van der Waals surface area contributed by atoms with Gasteiger partial charge in [-0.2, -0.15) is 0 Å². The summed E-state index contributed by atoms with van der Waals surface area (Å²) in [5.74, 6) is -1.86. The molecule has 3 aliphatic heterocycles. The first-order valence-corrected chi connectivity index (χ1v) is 24.2. The monoisotopic (exact) mass is 1020 g/mol. The van der Waals surface area contributed by atoms with Crippen LogP contribution in [0.1, 0.15) is 76.9 Å². The van der Waals surface area contributed by atoms with Crippen molar-refractivity contribution in [2.45, 2.75) is 57.6 Å². The molecule has 1 fully saturated rings. The Kier molecular flexibility index (Phi) is 18.5. The molecular weight excluding hydrogens is 961 g/mol. The predicted octanol–water partition coefficient (Wildman–Crippen LogP) is 3.32. The van der Waals surface area contributed by atoms with Crippen LogP contribution in [-0.4, -0.2) is 156 Å². The van der Waals surface area contributed by atoms with Crippen LogP contribution in [0.4, 0.5) is 17.2 Å². The summed E-state index contributed by atoms with van der Waals surface area (Å²) in [7, 11) is 4.86. The number of aliphatic imine (C=N–C) groups is 1. The number of imide groups is 1. The molecule has 392 valence electrons. The molecule has 23 nitrogen and oxygen atoms in total. The molecule has 2 aromatic heterocycles. The summed E-state index contributed by atoms with van der Waals surface area (Å²) in [5.41, 5.74) is 3.25. The van der Waals surface area contributed by atoms with Gasteiger partial charge in [-0.15, -0.1) is 0 Å². The maximum atomic E-state index is 13.3. The van der Waals surface area contributed by atoms with Crippen molar-refractivity contribution in [3.05, 3.63) is 84.1 Å². The van der Waals surface area contributed by atoms with Gasteiger partial charge in [-0.05, 0) is 56.0 Å². The number of ether oxygens (including phenoxy) is 5. The summed E-state index contributed by atoms with van der Waals surface area (Å²) in [6, 6.07) is 12.0. The Morgan fingerprint density at radius 2 is 1.53 bits per heavy atom. The molecule has 3 aliphatic rings. The van der Waals surface area contributed by atoms with Crippen molar-refractivity contribution < 1.29 is 62.0 Å². The first kappa shape index (κ1) is 53.6. The molecule has 0 spiro atoms. The highest BCUT2D eigenvalue weighted by atomic mass is 16.5. The highest BCUT2D eigenvalue weighted by Gasteiger charge is 2.33. The van der Waals surface area contributed by atoms with Crippen LogP contribution in [0.2, 0.25) is 0 Å². The predicted molar refractivity (Wildman–Crippen MR) is 268 cm³/mol. The molecule has 0 saturated carbocycles. The summed E-state index contributed by atoms with van der Waals surface area (Å²) >= 11 is 0. The van der Waals surface area contributed by atoms with Gasteiger partial charge in [0.2, 0.25) is 23.5 Å². The maximum Gasteiger partial charge on any atom is 0.355 e. The SMILES string of the molecule is COc1cc2c(cc1OCCCC(=O)Nc1cn(C)c(C(=O)Nc3ccc(-c4cc(C(=O)O[C@H](C)CNC(=O)CCOCCOCCNC(=O)CCN5C(=O)C=CC5=O)n(C)c4)cc3)n1)N=C[C@@H]1CCCN1C2=O. The van der Waals surface area contributed by atoms with E-state index >= 15 is 0 Å². The topological polar surface area (TPSA) is 272 Å². The number of fused-ring (bicyclic) bond motifs is 2. The fourth-order valence-corrected chi connectivity index (χ4v) is 8.17. The Hall–Kier alpha value is -8.18. The molecule has 2 aromatic carbocycles. The average molecular weight is 1020 g/mol. The molecule has 0 aliphatic carbocycles. The van der Waals surface area contributed by atoms with E-state index in [9.17, 15) is 38.4 Å². The van der Waals surface area contributed by atoms with Crippen molar-refractivity contribution in [1.82, 2.24) is 34.6 Å². The molecule has 5 heterocycles. The molecule has 23 heteroatoms. The fourth-order valence-electron chi connectivity index (χ4n) is 8.17. The number of amides is 7. The quantitative estimate of drug-likeness (QED) is 0.0399. The van der Waals surface area contributed by atoms with Crippen molar-refractivity contribution in [3.63, 3.8) is 0 Å². The van der Waals surface area contributed by atoms with Crippen molar-refractivity contribution in [2.75, 3.05) is 77.0 Å². The normalized spacial score (nSPS) is 15.1. The second-order valence-corrected chi connectivity index (χ2v) is 17.6. The number of nitrogens with one attached hydrogen (secondary N) is 4. The molecule has 4 N–H and O–H groups in total. The van der Waals surface area contributed by atoms with Gasteiger partial charge in [-0.1, -0.05) is 12.1 Å². The van der Waals surface area contributed by atoms with E-state index in [0.717, 1.165) is 28.9 Å². The number of imidazole rings is 1. The van der Waals surface area contributed by atoms with E-state index in [-0.39, 0.29) is 113 Å². The van der Waals surface area contributed by atoms with Gasteiger partial charge < -0.3 is 59.0 Å². The second kappa shape index (κ2) is 25.5. The standard InChI is InChI=1S/C51H60N10O13/c1-32(28-54-44(63)16-21-71-23-24-72-22-17-52-43(62)15-19-61-46(65)13-14-47(61)66)74-51(69)39-25-34(30-58(39)2)33-9-11-35(12-10-33)55-49(67)48-57-42(31-59(48)3)56-45(64)8-6-20-73-41-27-38-37(26-40(41)70-4)50(68)60-18-5-7-36(60)29-53-38/h9-14,25-27,29-32,36H,5-8,15-24,28H2,1-4H3,(H,52,62)(H,54,63)(H,55,67)(H,56,64)/t32-,36+/m1/s1. The van der Waals surface area contributed by atoms with Gasteiger partial charge in [0.15, 0.2) is 17.3 Å². The summed E-state index contributed by atoms with van der Waals surface area (Å²) in [6.07, 6.45) is 9.18. The van der Waals surface area contributed by atoms with E-state index < -0.39 is 29.8 Å².